The Labute approximate surface area is 200 Å². The Bertz CT molecular complexity index is 1240. The van der Waals surface area contributed by atoms with E-state index in [1.807, 2.05) is 36.4 Å². The maximum atomic E-state index is 13.3. The van der Waals surface area contributed by atoms with E-state index in [1.54, 1.807) is 18.0 Å². The number of nitrogens with two attached hydrogens (primary N) is 1. The van der Waals surface area contributed by atoms with Crippen LogP contribution in [0.25, 0.3) is 10.2 Å². The third kappa shape index (κ3) is 5.82. The Morgan fingerprint density at radius 2 is 2.15 bits per heavy atom. The fourth-order valence-corrected chi connectivity index (χ4v) is 4.94. The molecule has 1 aromatic heterocycles. The predicted molar refractivity (Wildman–Crippen MR) is 130 cm³/mol. The molecule has 0 radical (unpaired) electrons. The highest BCUT2D eigenvalue weighted by molar-refractivity contribution is 7.16. The van der Waals surface area contributed by atoms with Gasteiger partial charge in [0.15, 0.2) is 6.61 Å². The minimum absolute atomic E-state index is 0.0786. The van der Waals surface area contributed by atoms with Crippen molar-refractivity contribution in [2.45, 2.75) is 25.0 Å². The Morgan fingerprint density at radius 3 is 2.88 bits per heavy atom. The number of hydrogen-bond donors (Lipinski definition) is 3. The second-order valence-corrected chi connectivity index (χ2v) is 9.59. The van der Waals surface area contributed by atoms with Gasteiger partial charge in [0.05, 0.1) is 28.8 Å². The molecule has 0 spiro atoms. The number of aromatic amines is 1. The highest BCUT2D eigenvalue weighted by atomic mass is 32.1. The van der Waals surface area contributed by atoms with E-state index in [-0.39, 0.29) is 36.0 Å². The molecule has 1 unspecified atom stereocenters. The number of thiazole rings is 1. The van der Waals surface area contributed by atoms with Crippen LogP contribution in [0.15, 0.2) is 47.3 Å². The quantitative estimate of drug-likeness (QED) is 0.419. The van der Waals surface area contributed by atoms with Gasteiger partial charge < -0.3 is 25.5 Å². The number of aliphatic hydroxyl groups excluding tert-OH is 1. The molecular formula is C24H28N4O5S. The van der Waals surface area contributed by atoms with Crippen molar-refractivity contribution in [3.8, 4) is 5.75 Å². The number of H-pyrrole nitrogens is 1. The Morgan fingerprint density at radius 1 is 1.32 bits per heavy atom. The molecule has 1 fully saturated rings. The third-order valence-corrected chi connectivity index (χ3v) is 6.87. The van der Waals surface area contributed by atoms with Gasteiger partial charge in [-0.3, -0.25) is 19.3 Å². The third-order valence-electron chi connectivity index (χ3n) is 6.00. The summed E-state index contributed by atoms with van der Waals surface area (Å²) < 4.78 is 6.32. The number of carbonyl (C=O) groups excluding carboxylic acids is 2. The number of hydrogen-bond acceptors (Lipinski definition) is 7. The van der Waals surface area contributed by atoms with Gasteiger partial charge in [-0.1, -0.05) is 29.5 Å². The van der Waals surface area contributed by atoms with Gasteiger partial charge in [0.1, 0.15) is 5.75 Å². The summed E-state index contributed by atoms with van der Waals surface area (Å²) in [5.74, 6) is -0.148. The van der Waals surface area contributed by atoms with Crippen LogP contribution in [-0.2, 0) is 16.0 Å². The molecule has 9 nitrogen and oxygen atoms in total. The lowest BCUT2D eigenvalue weighted by atomic mass is 10.0. The van der Waals surface area contributed by atoms with Crippen LogP contribution in [0, 0.1) is 0 Å². The van der Waals surface area contributed by atoms with Crippen LogP contribution in [0.4, 0.5) is 0 Å². The summed E-state index contributed by atoms with van der Waals surface area (Å²) in [6.45, 7) is 1.63. The van der Waals surface area contributed by atoms with Gasteiger partial charge in [0.2, 0.25) is 5.91 Å². The van der Waals surface area contributed by atoms with E-state index in [9.17, 15) is 19.5 Å². The second kappa shape index (κ2) is 10.4. The first-order valence-electron chi connectivity index (χ1n) is 11.1. The zero-order valence-electron chi connectivity index (χ0n) is 18.9. The Hall–Kier alpha value is -3.21. The molecule has 0 aliphatic carbocycles. The van der Waals surface area contributed by atoms with Gasteiger partial charge in [-0.15, -0.1) is 0 Å². The van der Waals surface area contributed by atoms with Crippen LogP contribution in [0.3, 0.4) is 0 Å². The number of aliphatic hydroxyl groups is 1. The SMILES string of the molecule is CN(C(=O)Cc1ccc2sc(=O)[nH]c2c1)[C@H](CN1CCC(O)C1)c1cccc(OCC(N)=O)c1. The van der Waals surface area contributed by atoms with Crippen molar-refractivity contribution in [1.29, 1.82) is 0 Å². The maximum absolute atomic E-state index is 13.3. The zero-order valence-corrected chi connectivity index (χ0v) is 19.7. The smallest absolute Gasteiger partial charge is 0.305 e. The number of primary amides is 1. The summed E-state index contributed by atoms with van der Waals surface area (Å²) in [5, 5.41) is 9.97. The number of ether oxygens (including phenoxy) is 1. The average molecular weight is 485 g/mol. The summed E-state index contributed by atoms with van der Waals surface area (Å²) in [4.78, 5) is 42.5. The molecule has 0 saturated carbocycles. The molecule has 2 atom stereocenters. The molecule has 1 saturated heterocycles. The van der Waals surface area contributed by atoms with E-state index in [0.29, 0.717) is 25.3 Å². The number of amides is 2. The number of carbonyl (C=O) groups is 2. The average Bonchev–Trinajstić information content (AvgIpc) is 3.39. The normalized spacial score (nSPS) is 17.1. The molecule has 180 valence electrons. The van der Waals surface area contributed by atoms with E-state index in [0.717, 1.165) is 39.2 Å². The minimum Gasteiger partial charge on any atom is -0.484 e. The predicted octanol–water partition coefficient (Wildman–Crippen LogP) is 1.26. The highest BCUT2D eigenvalue weighted by Crippen LogP contribution is 2.27. The summed E-state index contributed by atoms with van der Waals surface area (Å²) in [6.07, 6.45) is 0.512. The van der Waals surface area contributed by atoms with E-state index in [2.05, 4.69) is 9.88 Å². The van der Waals surface area contributed by atoms with Gasteiger partial charge in [-0.25, -0.2) is 0 Å². The molecule has 10 heteroatoms. The summed E-state index contributed by atoms with van der Waals surface area (Å²) >= 11 is 1.14. The van der Waals surface area contributed by atoms with E-state index in [4.69, 9.17) is 10.5 Å². The number of β-amino-alcohol motifs (C(OH)–C–C–N with tert-alkyl or cyclic N) is 1. The molecule has 3 aromatic rings. The van der Waals surface area contributed by atoms with Gasteiger partial charge in [-0.05, 0) is 41.8 Å². The topological polar surface area (TPSA) is 129 Å². The number of likely N-dealkylation sites (tertiary alicyclic amines) is 1. The lowest BCUT2D eigenvalue weighted by molar-refractivity contribution is -0.131. The van der Waals surface area contributed by atoms with Crippen molar-refractivity contribution in [1.82, 2.24) is 14.8 Å². The fraction of sp³-hybridized carbons (Fsp3) is 0.375. The maximum Gasteiger partial charge on any atom is 0.305 e. The van der Waals surface area contributed by atoms with Crippen molar-refractivity contribution >= 4 is 33.4 Å². The van der Waals surface area contributed by atoms with Gasteiger partial charge in [0, 0.05) is 26.7 Å². The molecule has 4 N–H and O–H groups in total. The van der Waals surface area contributed by atoms with Crippen LogP contribution < -0.4 is 15.3 Å². The molecule has 34 heavy (non-hydrogen) atoms. The molecular weight excluding hydrogens is 456 g/mol. The van der Waals surface area contributed by atoms with Crippen molar-refractivity contribution in [3.05, 3.63) is 63.3 Å². The minimum atomic E-state index is -0.566. The molecule has 0 bridgehead atoms. The Kier molecular flexibility index (Phi) is 7.30. The monoisotopic (exact) mass is 484 g/mol. The molecule has 1 aliphatic rings. The number of benzene rings is 2. The second-order valence-electron chi connectivity index (χ2n) is 8.57. The molecule has 4 rings (SSSR count). The Balaban J connectivity index is 1.55. The summed E-state index contributed by atoms with van der Waals surface area (Å²) in [7, 11) is 1.77. The van der Waals surface area contributed by atoms with E-state index >= 15 is 0 Å². The van der Waals surface area contributed by atoms with Crippen LogP contribution in [-0.4, -0.2) is 71.1 Å². The van der Waals surface area contributed by atoms with Crippen LogP contribution >= 0.6 is 11.3 Å². The van der Waals surface area contributed by atoms with Crippen LogP contribution in [0.1, 0.15) is 23.6 Å². The first kappa shape index (κ1) is 23.9. The van der Waals surface area contributed by atoms with Crippen molar-refractivity contribution in [2.24, 2.45) is 5.73 Å². The molecule has 2 amide bonds. The van der Waals surface area contributed by atoms with Gasteiger partial charge >= 0.3 is 4.87 Å². The number of aromatic nitrogens is 1. The largest absolute Gasteiger partial charge is 0.484 e. The van der Waals surface area contributed by atoms with E-state index in [1.165, 1.54) is 0 Å². The van der Waals surface area contributed by atoms with Crippen LogP contribution in [0.2, 0.25) is 0 Å². The summed E-state index contributed by atoms with van der Waals surface area (Å²) in [5.41, 5.74) is 7.59. The molecule has 2 aromatic carbocycles. The first-order valence-corrected chi connectivity index (χ1v) is 11.9. The number of nitrogens with zero attached hydrogens (tertiary/aromatic N) is 2. The van der Waals surface area contributed by atoms with Crippen molar-refractivity contribution < 1.29 is 19.4 Å². The molecule has 1 aliphatic heterocycles. The van der Waals surface area contributed by atoms with Crippen molar-refractivity contribution in [3.63, 3.8) is 0 Å². The van der Waals surface area contributed by atoms with Gasteiger partial charge in [0.25, 0.3) is 5.91 Å². The van der Waals surface area contributed by atoms with Gasteiger partial charge in [-0.2, -0.15) is 0 Å². The van der Waals surface area contributed by atoms with Crippen molar-refractivity contribution in [2.75, 3.05) is 33.3 Å². The zero-order chi connectivity index (χ0) is 24.2. The lowest BCUT2D eigenvalue weighted by Gasteiger charge is -2.32. The lowest BCUT2D eigenvalue weighted by Crippen LogP contribution is -2.39. The number of fused-ring (bicyclic) bond motifs is 1. The van der Waals surface area contributed by atoms with E-state index < -0.39 is 5.91 Å². The molecule has 2 heterocycles. The number of nitrogens with one attached hydrogen (secondary N) is 1. The fourth-order valence-electron chi connectivity index (χ4n) is 4.22. The van der Waals surface area contributed by atoms with Crippen LogP contribution in [0.5, 0.6) is 5.75 Å². The standard InChI is InChI=1S/C24H28N4O5S/c1-27(23(31)10-15-5-6-21-19(9-15)26-24(32)34-21)20(13-28-8-7-17(29)12-28)16-3-2-4-18(11-16)33-14-22(25)30/h2-6,9,11,17,20,29H,7-8,10,12-14H2,1H3,(H2,25,30)(H,26,32)/t17?,20-/m1/s1. The highest BCUT2D eigenvalue weighted by Gasteiger charge is 2.28. The summed E-state index contributed by atoms with van der Waals surface area (Å²) in [6, 6.07) is 12.5. The number of rotatable bonds is 9. The number of likely N-dealkylation sites (N-methyl/N-ethyl adjacent to an activating group) is 1. The first-order chi connectivity index (χ1) is 16.3.